The summed E-state index contributed by atoms with van der Waals surface area (Å²) in [6, 6.07) is 0. The number of carboxylic acid groups (broad SMARTS) is 1. The Hall–Kier alpha value is -0.820. The van der Waals surface area contributed by atoms with Crippen LogP contribution in [0.2, 0.25) is 0 Å². The number of aliphatic hydroxyl groups excluding tert-OH is 3. The summed E-state index contributed by atoms with van der Waals surface area (Å²) in [5, 5.41) is 36.3. The zero-order valence-electron chi connectivity index (χ0n) is 8.07. The molecule has 1 fully saturated rings. The van der Waals surface area contributed by atoms with E-state index in [1.807, 2.05) is 0 Å². The van der Waals surface area contributed by atoms with Crippen molar-refractivity contribution in [3.63, 3.8) is 0 Å². The van der Waals surface area contributed by atoms with E-state index in [4.69, 9.17) is 9.66 Å². The topological polar surface area (TPSA) is 171 Å². The van der Waals surface area contributed by atoms with Crippen molar-refractivity contribution < 1.29 is 47.1 Å². The Morgan fingerprint density at radius 1 is 1.18 bits per heavy atom. The van der Waals surface area contributed by atoms with E-state index in [0.717, 1.165) is 0 Å². The summed E-state index contributed by atoms with van der Waals surface area (Å²) in [6.07, 6.45) is -10.2. The van der Waals surface area contributed by atoms with Crippen molar-refractivity contribution in [1.29, 1.82) is 0 Å². The number of aliphatic carboxylic acids is 1. The van der Waals surface area contributed by atoms with Crippen LogP contribution < -0.4 is 0 Å². The van der Waals surface area contributed by atoms with Gasteiger partial charge in [-0.15, -0.1) is 0 Å². The molecule has 5 N–H and O–H groups in total. The predicted octanol–water partition coefficient (Wildman–Crippen LogP) is -3.30. The normalized spacial score (nSPS) is 38.9. The molecular formula is C6H10O10S. The summed E-state index contributed by atoms with van der Waals surface area (Å²) in [4.78, 5) is 10.5. The Morgan fingerprint density at radius 2 is 1.71 bits per heavy atom. The number of ether oxygens (including phenoxy) is 1. The van der Waals surface area contributed by atoms with Gasteiger partial charge in [-0.25, -0.2) is 8.98 Å². The molecule has 0 aromatic carbocycles. The molecule has 100 valence electrons. The van der Waals surface area contributed by atoms with Gasteiger partial charge < -0.3 is 25.2 Å². The summed E-state index contributed by atoms with van der Waals surface area (Å²) in [5.41, 5.74) is 0. The zero-order valence-corrected chi connectivity index (χ0v) is 8.89. The quantitative estimate of drug-likeness (QED) is 0.328. The Balaban J connectivity index is 2.87. The largest absolute Gasteiger partial charge is 0.479 e. The molecule has 1 heterocycles. The van der Waals surface area contributed by atoms with E-state index in [1.54, 1.807) is 0 Å². The maximum absolute atomic E-state index is 10.5. The summed E-state index contributed by atoms with van der Waals surface area (Å²) in [7, 11) is -5.01. The molecule has 0 aliphatic carbocycles. The Bertz CT molecular complexity index is 390. The standard InChI is InChI=1S/C6H10O10S/c7-1-2(8)4(16-17(12,13)14)6(11)15-3(1)5(9)10/h1-4,6-8,11H,(H,9,10)(H,12,13,14)/t1-,2-,3+,4+,6+/m1/s1. The number of hydrogen-bond donors (Lipinski definition) is 5. The van der Waals surface area contributed by atoms with Crippen LogP contribution in [0.3, 0.4) is 0 Å². The number of carboxylic acids is 1. The van der Waals surface area contributed by atoms with Gasteiger partial charge >= 0.3 is 16.4 Å². The maximum Gasteiger partial charge on any atom is 0.397 e. The fraction of sp³-hybridized carbons (Fsp3) is 0.833. The average molecular weight is 274 g/mol. The Morgan fingerprint density at radius 3 is 2.12 bits per heavy atom. The molecule has 0 radical (unpaired) electrons. The highest BCUT2D eigenvalue weighted by molar-refractivity contribution is 7.80. The lowest BCUT2D eigenvalue weighted by Crippen LogP contribution is -2.60. The van der Waals surface area contributed by atoms with E-state index < -0.39 is 47.1 Å². The molecule has 0 aromatic heterocycles. The first-order valence-electron chi connectivity index (χ1n) is 4.21. The highest BCUT2D eigenvalue weighted by atomic mass is 32.3. The molecule has 17 heavy (non-hydrogen) atoms. The number of rotatable bonds is 3. The fourth-order valence-electron chi connectivity index (χ4n) is 1.30. The van der Waals surface area contributed by atoms with Gasteiger partial charge in [-0.2, -0.15) is 8.42 Å². The van der Waals surface area contributed by atoms with Gasteiger partial charge in [0.25, 0.3) is 0 Å². The van der Waals surface area contributed by atoms with E-state index in [9.17, 15) is 28.5 Å². The van der Waals surface area contributed by atoms with E-state index >= 15 is 0 Å². The van der Waals surface area contributed by atoms with Crippen LogP contribution in [0.5, 0.6) is 0 Å². The molecule has 0 aromatic rings. The van der Waals surface area contributed by atoms with Gasteiger partial charge in [0.05, 0.1) is 0 Å². The van der Waals surface area contributed by atoms with Gasteiger partial charge in [-0.05, 0) is 0 Å². The van der Waals surface area contributed by atoms with E-state index in [2.05, 4.69) is 8.92 Å². The van der Waals surface area contributed by atoms with Crippen LogP contribution in [-0.4, -0.2) is 70.1 Å². The van der Waals surface area contributed by atoms with Gasteiger partial charge in [0, 0.05) is 0 Å². The lowest BCUT2D eigenvalue weighted by atomic mass is 9.99. The van der Waals surface area contributed by atoms with Gasteiger partial charge in [0.2, 0.25) is 0 Å². The minimum absolute atomic E-state index is 1.67. The zero-order chi connectivity index (χ0) is 13.4. The van der Waals surface area contributed by atoms with Crippen molar-refractivity contribution in [1.82, 2.24) is 0 Å². The van der Waals surface area contributed by atoms with E-state index in [-0.39, 0.29) is 0 Å². The summed E-state index contributed by atoms with van der Waals surface area (Å²) in [5.74, 6) is -1.67. The highest BCUT2D eigenvalue weighted by Crippen LogP contribution is 2.23. The van der Waals surface area contributed by atoms with E-state index in [0.29, 0.717) is 0 Å². The van der Waals surface area contributed by atoms with Crippen LogP contribution in [0.1, 0.15) is 0 Å². The third kappa shape index (κ3) is 3.32. The second kappa shape index (κ2) is 4.81. The van der Waals surface area contributed by atoms with Crippen LogP contribution in [0, 0.1) is 0 Å². The Labute approximate surface area is 95.0 Å². The molecule has 5 atom stereocenters. The van der Waals surface area contributed by atoms with Crippen LogP contribution in [0.25, 0.3) is 0 Å². The monoisotopic (exact) mass is 274 g/mol. The van der Waals surface area contributed by atoms with Crippen LogP contribution >= 0.6 is 0 Å². The third-order valence-electron chi connectivity index (χ3n) is 2.04. The van der Waals surface area contributed by atoms with Crippen molar-refractivity contribution in [3.8, 4) is 0 Å². The average Bonchev–Trinajstić information content (AvgIpc) is 2.16. The smallest absolute Gasteiger partial charge is 0.397 e. The molecule has 0 unspecified atom stereocenters. The number of aliphatic hydroxyl groups is 3. The molecule has 1 aliphatic heterocycles. The molecular weight excluding hydrogens is 264 g/mol. The maximum atomic E-state index is 10.5. The van der Waals surface area contributed by atoms with Crippen molar-refractivity contribution >= 4 is 16.4 Å². The molecule has 1 rings (SSSR count). The molecule has 1 saturated heterocycles. The first kappa shape index (κ1) is 14.2. The molecule has 0 spiro atoms. The number of carbonyl (C=O) groups is 1. The van der Waals surface area contributed by atoms with Crippen LogP contribution in [0.4, 0.5) is 0 Å². The van der Waals surface area contributed by atoms with E-state index in [1.165, 1.54) is 0 Å². The van der Waals surface area contributed by atoms with Crippen molar-refractivity contribution in [2.75, 3.05) is 0 Å². The SMILES string of the molecule is O=C(O)[C@H]1O[C@H](O)[C@@H](OS(=O)(=O)O)[C@H](O)[C@H]1O. The first-order valence-corrected chi connectivity index (χ1v) is 5.58. The van der Waals surface area contributed by atoms with Gasteiger partial charge in [0.1, 0.15) is 12.2 Å². The molecule has 0 saturated carbocycles. The molecule has 11 heteroatoms. The first-order chi connectivity index (χ1) is 7.63. The van der Waals surface area contributed by atoms with Crippen molar-refractivity contribution in [2.45, 2.75) is 30.7 Å². The lowest BCUT2D eigenvalue weighted by Gasteiger charge is -2.37. The summed E-state index contributed by atoms with van der Waals surface area (Å²) in [6.45, 7) is 0. The Kier molecular flexibility index (Phi) is 4.03. The summed E-state index contributed by atoms with van der Waals surface area (Å²) < 4.78 is 37.3. The van der Waals surface area contributed by atoms with Crippen molar-refractivity contribution in [3.05, 3.63) is 0 Å². The predicted molar refractivity (Wildman–Crippen MR) is 47.0 cm³/mol. The number of hydrogen-bond acceptors (Lipinski definition) is 8. The second-order valence-electron chi connectivity index (χ2n) is 3.26. The fourth-order valence-corrected chi connectivity index (χ4v) is 1.79. The molecule has 0 amide bonds. The third-order valence-corrected chi connectivity index (χ3v) is 2.51. The highest BCUT2D eigenvalue weighted by Gasteiger charge is 2.49. The van der Waals surface area contributed by atoms with Gasteiger partial charge in [-0.1, -0.05) is 0 Å². The lowest BCUT2D eigenvalue weighted by molar-refractivity contribution is -0.274. The second-order valence-corrected chi connectivity index (χ2v) is 4.30. The van der Waals surface area contributed by atoms with Crippen LogP contribution in [-0.2, 0) is 24.1 Å². The van der Waals surface area contributed by atoms with Crippen LogP contribution in [0.15, 0.2) is 0 Å². The molecule has 10 nitrogen and oxygen atoms in total. The van der Waals surface area contributed by atoms with Gasteiger partial charge in [0.15, 0.2) is 18.5 Å². The summed E-state index contributed by atoms with van der Waals surface area (Å²) >= 11 is 0. The minimum Gasteiger partial charge on any atom is -0.479 e. The van der Waals surface area contributed by atoms with Gasteiger partial charge in [-0.3, -0.25) is 4.55 Å². The van der Waals surface area contributed by atoms with Crippen molar-refractivity contribution in [2.24, 2.45) is 0 Å². The molecule has 1 aliphatic rings. The minimum atomic E-state index is -5.01. The molecule has 0 bridgehead atoms.